The van der Waals surface area contributed by atoms with Crippen LogP contribution < -0.4 is 11.1 Å². The minimum absolute atomic E-state index is 0.269. The zero-order valence-electron chi connectivity index (χ0n) is 9.80. The fraction of sp³-hybridized carbons (Fsp3) is 0.357. The van der Waals surface area contributed by atoms with Crippen LogP contribution in [0.2, 0.25) is 0 Å². The van der Waals surface area contributed by atoms with Crippen molar-refractivity contribution in [2.45, 2.75) is 25.3 Å². The van der Waals surface area contributed by atoms with Crippen molar-refractivity contribution < 1.29 is 4.79 Å². The van der Waals surface area contributed by atoms with Gasteiger partial charge in [-0.2, -0.15) is 0 Å². The van der Waals surface area contributed by atoms with Crippen molar-refractivity contribution in [3.63, 3.8) is 0 Å². The fourth-order valence-electron chi connectivity index (χ4n) is 2.25. The lowest BCUT2D eigenvalue weighted by Gasteiger charge is -2.27. The maximum absolute atomic E-state index is 11.5. The zero-order chi connectivity index (χ0) is 12.1. The van der Waals surface area contributed by atoms with Gasteiger partial charge in [-0.3, -0.25) is 4.79 Å². The number of amides is 1. The van der Waals surface area contributed by atoms with Crippen LogP contribution in [-0.4, -0.2) is 11.9 Å². The second kappa shape index (κ2) is 5.53. The Balaban J connectivity index is 2.07. The first kappa shape index (κ1) is 11.7. The molecular formula is C14H18N2O. The lowest BCUT2D eigenvalue weighted by Crippen LogP contribution is -2.41. The first-order chi connectivity index (χ1) is 8.27. The fourth-order valence-corrected chi connectivity index (χ4v) is 2.25. The summed E-state index contributed by atoms with van der Waals surface area (Å²) in [5.41, 5.74) is 6.44. The zero-order valence-corrected chi connectivity index (χ0v) is 9.80. The highest BCUT2D eigenvalue weighted by atomic mass is 16.1. The van der Waals surface area contributed by atoms with Crippen LogP contribution in [0, 0.1) is 5.92 Å². The van der Waals surface area contributed by atoms with Gasteiger partial charge in [-0.1, -0.05) is 30.4 Å². The molecule has 3 nitrogen and oxygen atoms in total. The number of primary amides is 1. The Labute approximate surface area is 102 Å². The third-order valence-electron chi connectivity index (χ3n) is 3.18. The molecule has 1 aliphatic rings. The number of anilines is 1. The van der Waals surface area contributed by atoms with Gasteiger partial charge in [0.2, 0.25) is 5.91 Å². The van der Waals surface area contributed by atoms with E-state index in [-0.39, 0.29) is 11.9 Å². The third-order valence-corrected chi connectivity index (χ3v) is 3.18. The first-order valence-electron chi connectivity index (χ1n) is 6.03. The van der Waals surface area contributed by atoms with Gasteiger partial charge in [0.15, 0.2) is 0 Å². The number of carbonyl (C=O) groups is 1. The molecule has 1 aliphatic carbocycles. The van der Waals surface area contributed by atoms with Gasteiger partial charge in [-0.25, -0.2) is 0 Å². The van der Waals surface area contributed by atoms with Gasteiger partial charge in [0.1, 0.15) is 6.04 Å². The van der Waals surface area contributed by atoms with Gasteiger partial charge in [-0.15, -0.1) is 0 Å². The second-order valence-electron chi connectivity index (χ2n) is 4.43. The Morgan fingerprint density at radius 3 is 2.65 bits per heavy atom. The summed E-state index contributed by atoms with van der Waals surface area (Å²) >= 11 is 0. The average molecular weight is 230 g/mol. The van der Waals surface area contributed by atoms with Gasteiger partial charge in [0, 0.05) is 5.69 Å². The highest BCUT2D eigenvalue weighted by Crippen LogP contribution is 2.24. The van der Waals surface area contributed by atoms with Crippen LogP contribution in [0.5, 0.6) is 0 Å². The van der Waals surface area contributed by atoms with E-state index < -0.39 is 0 Å². The minimum atomic E-state index is -0.276. The molecule has 0 spiro atoms. The number of nitrogens with two attached hydrogens (primary N) is 1. The molecule has 2 rings (SSSR count). The van der Waals surface area contributed by atoms with Crippen molar-refractivity contribution in [1.82, 2.24) is 0 Å². The standard InChI is InChI=1S/C14H18N2O/c15-14(17)13(11-7-3-1-4-8-11)16-12-9-5-2-6-10-12/h1-3,5-6,9-11,13,16H,4,7-8H2,(H2,15,17). The quantitative estimate of drug-likeness (QED) is 0.780. The molecule has 2 atom stereocenters. The van der Waals surface area contributed by atoms with Crippen molar-refractivity contribution in [1.29, 1.82) is 0 Å². The average Bonchev–Trinajstić information content (AvgIpc) is 2.38. The molecule has 3 N–H and O–H groups in total. The number of carbonyl (C=O) groups excluding carboxylic acids is 1. The molecule has 1 amide bonds. The van der Waals surface area contributed by atoms with E-state index in [2.05, 4.69) is 17.5 Å². The summed E-state index contributed by atoms with van der Waals surface area (Å²) in [4.78, 5) is 11.5. The SMILES string of the molecule is NC(=O)C(Nc1ccccc1)C1CC=CCC1. The van der Waals surface area contributed by atoms with Crippen molar-refractivity contribution in [3.05, 3.63) is 42.5 Å². The van der Waals surface area contributed by atoms with Gasteiger partial charge in [0.05, 0.1) is 0 Å². The van der Waals surface area contributed by atoms with E-state index in [1.54, 1.807) is 0 Å². The number of allylic oxidation sites excluding steroid dienone is 2. The Kier molecular flexibility index (Phi) is 3.81. The number of rotatable bonds is 4. The Morgan fingerprint density at radius 1 is 1.29 bits per heavy atom. The highest BCUT2D eigenvalue weighted by molar-refractivity contribution is 5.83. The van der Waals surface area contributed by atoms with Gasteiger partial charge in [-0.05, 0) is 37.3 Å². The van der Waals surface area contributed by atoms with Crippen molar-refractivity contribution in [2.75, 3.05) is 5.32 Å². The number of para-hydroxylation sites is 1. The van der Waals surface area contributed by atoms with Crippen molar-refractivity contribution in [2.24, 2.45) is 11.7 Å². The van der Waals surface area contributed by atoms with E-state index in [0.29, 0.717) is 5.92 Å². The molecule has 2 unspecified atom stereocenters. The Hall–Kier alpha value is -1.77. The predicted molar refractivity (Wildman–Crippen MR) is 69.5 cm³/mol. The summed E-state index contributed by atoms with van der Waals surface area (Å²) in [5, 5.41) is 3.24. The number of hydrogen-bond acceptors (Lipinski definition) is 2. The number of benzene rings is 1. The first-order valence-corrected chi connectivity index (χ1v) is 6.03. The largest absolute Gasteiger partial charge is 0.373 e. The second-order valence-corrected chi connectivity index (χ2v) is 4.43. The summed E-state index contributed by atoms with van der Waals surface area (Å²) in [6.07, 6.45) is 7.27. The van der Waals surface area contributed by atoms with E-state index in [9.17, 15) is 4.79 Å². The summed E-state index contributed by atoms with van der Waals surface area (Å²) in [5.74, 6) is 0.0341. The van der Waals surface area contributed by atoms with Crippen LogP contribution in [0.4, 0.5) is 5.69 Å². The minimum Gasteiger partial charge on any atom is -0.373 e. The molecule has 1 aromatic carbocycles. The van der Waals surface area contributed by atoms with Crippen LogP contribution in [-0.2, 0) is 4.79 Å². The molecule has 0 heterocycles. The molecule has 90 valence electrons. The lowest BCUT2D eigenvalue weighted by molar-refractivity contribution is -0.119. The summed E-state index contributed by atoms with van der Waals surface area (Å²) < 4.78 is 0. The smallest absolute Gasteiger partial charge is 0.240 e. The normalized spacial score (nSPS) is 20.8. The Bertz CT molecular complexity index is 400. The van der Waals surface area contributed by atoms with E-state index in [0.717, 1.165) is 24.9 Å². The van der Waals surface area contributed by atoms with Crippen molar-refractivity contribution >= 4 is 11.6 Å². The van der Waals surface area contributed by atoms with Gasteiger partial charge < -0.3 is 11.1 Å². The molecule has 1 aromatic rings. The van der Waals surface area contributed by atoms with Gasteiger partial charge in [0.25, 0.3) is 0 Å². The van der Waals surface area contributed by atoms with Gasteiger partial charge >= 0.3 is 0 Å². The molecule has 0 bridgehead atoms. The van der Waals surface area contributed by atoms with E-state index in [1.165, 1.54) is 0 Å². The molecule has 0 saturated heterocycles. The number of hydrogen-bond donors (Lipinski definition) is 2. The number of nitrogens with one attached hydrogen (secondary N) is 1. The predicted octanol–water partition coefficient (Wildman–Crippen LogP) is 2.31. The van der Waals surface area contributed by atoms with Crippen LogP contribution >= 0.6 is 0 Å². The lowest BCUT2D eigenvalue weighted by atomic mass is 9.87. The van der Waals surface area contributed by atoms with Crippen LogP contribution in [0.3, 0.4) is 0 Å². The van der Waals surface area contributed by atoms with E-state index in [1.807, 2.05) is 30.3 Å². The molecule has 3 heteroatoms. The molecular weight excluding hydrogens is 212 g/mol. The molecule has 0 saturated carbocycles. The maximum atomic E-state index is 11.5. The van der Waals surface area contributed by atoms with Crippen LogP contribution in [0.25, 0.3) is 0 Å². The molecule has 0 fully saturated rings. The summed E-state index contributed by atoms with van der Waals surface area (Å²) in [6.45, 7) is 0. The molecule has 0 radical (unpaired) electrons. The third kappa shape index (κ3) is 3.09. The van der Waals surface area contributed by atoms with E-state index in [4.69, 9.17) is 5.73 Å². The van der Waals surface area contributed by atoms with Crippen molar-refractivity contribution in [3.8, 4) is 0 Å². The topological polar surface area (TPSA) is 55.1 Å². The Morgan fingerprint density at radius 2 is 2.06 bits per heavy atom. The maximum Gasteiger partial charge on any atom is 0.240 e. The molecule has 17 heavy (non-hydrogen) atoms. The van der Waals surface area contributed by atoms with Crippen LogP contribution in [0.1, 0.15) is 19.3 Å². The monoisotopic (exact) mass is 230 g/mol. The van der Waals surface area contributed by atoms with E-state index >= 15 is 0 Å². The molecule has 0 aromatic heterocycles. The summed E-state index contributed by atoms with van der Waals surface area (Å²) in [7, 11) is 0. The summed E-state index contributed by atoms with van der Waals surface area (Å²) in [6, 6.07) is 9.47. The molecule has 0 aliphatic heterocycles. The highest BCUT2D eigenvalue weighted by Gasteiger charge is 2.26. The van der Waals surface area contributed by atoms with Crippen LogP contribution in [0.15, 0.2) is 42.5 Å².